The van der Waals surface area contributed by atoms with Crippen molar-refractivity contribution in [3.8, 4) is 0 Å². The van der Waals surface area contributed by atoms with E-state index in [1.807, 2.05) is 0 Å². The molecule has 3 nitrogen and oxygen atoms in total. The lowest BCUT2D eigenvalue weighted by molar-refractivity contribution is 0.318. The summed E-state index contributed by atoms with van der Waals surface area (Å²) in [6.45, 7) is 6.67. The molecular formula is C15H25N3. The minimum absolute atomic E-state index is 0.545. The molecule has 0 aromatic carbocycles. The van der Waals surface area contributed by atoms with E-state index >= 15 is 0 Å². The Morgan fingerprint density at radius 2 is 2.00 bits per heavy atom. The molecule has 0 unspecified atom stereocenters. The van der Waals surface area contributed by atoms with Gasteiger partial charge in [-0.25, -0.2) is 0 Å². The average Bonchev–Trinajstić information content (AvgIpc) is 2.79. The maximum absolute atomic E-state index is 4.99. The molecule has 1 saturated carbocycles. The van der Waals surface area contributed by atoms with Gasteiger partial charge in [-0.15, -0.1) is 0 Å². The molecule has 2 heterocycles. The summed E-state index contributed by atoms with van der Waals surface area (Å²) >= 11 is 0. The average molecular weight is 247 g/mol. The van der Waals surface area contributed by atoms with Crippen molar-refractivity contribution in [1.29, 1.82) is 0 Å². The molecular weight excluding hydrogens is 222 g/mol. The molecule has 0 saturated heterocycles. The summed E-state index contributed by atoms with van der Waals surface area (Å²) in [5.74, 6) is 0.545. The zero-order valence-corrected chi connectivity index (χ0v) is 11.7. The van der Waals surface area contributed by atoms with Crippen LogP contribution in [0.5, 0.6) is 0 Å². The van der Waals surface area contributed by atoms with Crippen LogP contribution < -0.4 is 5.32 Å². The summed E-state index contributed by atoms with van der Waals surface area (Å²) in [5.41, 5.74) is 4.37. The van der Waals surface area contributed by atoms with E-state index in [9.17, 15) is 0 Å². The lowest BCUT2D eigenvalue weighted by Crippen LogP contribution is -2.26. The molecule has 1 aromatic heterocycles. The van der Waals surface area contributed by atoms with E-state index in [0.29, 0.717) is 12.0 Å². The highest BCUT2D eigenvalue weighted by molar-refractivity contribution is 5.31. The normalized spacial score (nSPS) is 21.3. The van der Waals surface area contributed by atoms with E-state index in [4.69, 9.17) is 5.10 Å². The third kappa shape index (κ3) is 2.09. The minimum atomic E-state index is 0.545. The molecule has 100 valence electrons. The number of fused-ring (bicyclic) bond motifs is 1. The number of nitrogens with zero attached hydrogens (tertiary/aromatic N) is 2. The van der Waals surface area contributed by atoms with Crippen LogP contribution in [0.3, 0.4) is 0 Å². The second-order valence-electron chi connectivity index (χ2n) is 6.13. The Kier molecular flexibility index (Phi) is 3.42. The van der Waals surface area contributed by atoms with Crippen LogP contribution in [0, 0.1) is 0 Å². The lowest BCUT2D eigenvalue weighted by Gasteiger charge is -2.25. The van der Waals surface area contributed by atoms with Crippen LogP contribution in [0.25, 0.3) is 0 Å². The van der Waals surface area contributed by atoms with Gasteiger partial charge in [0, 0.05) is 30.8 Å². The van der Waals surface area contributed by atoms with E-state index in [-0.39, 0.29) is 0 Å². The number of aromatic nitrogens is 2. The Balaban J connectivity index is 1.97. The van der Waals surface area contributed by atoms with Gasteiger partial charge in [-0.1, -0.05) is 33.1 Å². The van der Waals surface area contributed by atoms with Gasteiger partial charge in [0.15, 0.2) is 0 Å². The zero-order valence-electron chi connectivity index (χ0n) is 11.7. The molecule has 1 fully saturated rings. The number of nitrogens with one attached hydrogen (secondary N) is 1. The van der Waals surface area contributed by atoms with Crippen LogP contribution in [-0.4, -0.2) is 16.3 Å². The van der Waals surface area contributed by atoms with Gasteiger partial charge < -0.3 is 5.32 Å². The van der Waals surface area contributed by atoms with Crippen molar-refractivity contribution in [3.05, 3.63) is 17.0 Å². The second-order valence-corrected chi connectivity index (χ2v) is 6.13. The molecule has 0 radical (unpaired) electrons. The van der Waals surface area contributed by atoms with Gasteiger partial charge in [0.1, 0.15) is 0 Å². The van der Waals surface area contributed by atoms with E-state index in [1.54, 1.807) is 0 Å². The molecule has 1 N–H and O–H groups in total. The summed E-state index contributed by atoms with van der Waals surface area (Å²) in [7, 11) is 0. The van der Waals surface area contributed by atoms with Crippen molar-refractivity contribution >= 4 is 0 Å². The molecule has 3 rings (SSSR count). The summed E-state index contributed by atoms with van der Waals surface area (Å²) < 4.78 is 2.41. The van der Waals surface area contributed by atoms with E-state index in [0.717, 1.165) is 19.5 Å². The molecule has 18 heavy (non-hydrogen) atoms. The van der Waals surface area contributed by atoms with Crippen molar-refractivity contribution in [2.75, 3.05) is 6.54 Å². The third-order valence-corrected chi connectivity index (χ3v) is 4.46. The SMILES string of the molecule is CC(C)c1nn(C2CCCCC2)c2c1CNCC2. The Morgan fingerprint density at radius 3 is 2.72 bits per heavy atom. The van der Waals surface area contributed by atoms with Crippen LogP contribution in [0.2, 0.25) is 0 Å². The van der Waals surface area contributed by atoms with Gasteiger partial charge in [0.2, 0.25) is 0 Å². The van der Waals surface area contributed by atoms with Gasteiger partial charge in [-0.3, -0.25) is 4.68 Å². The number of rotatable bonds is 2. The molecule has 2 aliphatic rings. The van der Waals surface area contributed by atoms with Gasteiger partial charge in [-0.05, 0) is 18.8 Å². The third-order valence-electron chi connectivity index (χ3n) is 4.46. The maximum atomic E-state index is 4.99. The Morgan fingerprint density at radius 1 is 1.22 bits per heavy atom. The van der Waals surface area contributed by atoms with Crippen LogP contribution in [0.15, 0.2) is 0 Å². The Bertz CT molecular complexity index is 414. The Hall–Kier alpha value is -0.830. The van der Waals surface area contributed by atoms with Gasteiger partial charge in [0.25, 0.3) is 0 Å². The first-order chi connectivity index (χ1) is 8.77. The highest BCUT2D eigenvalue weighted by Crippen LogP contribution is 2.33. The lowest BCUT2D eigenvalue weighted by atomic mass is 9.94. The van der Waals surface area contributed by atoms with Crippen LogP contribution in [0.1, 0.15) is 74.9 Å². The van der Waals surface area contributed by atoms with Gasteiger partial charge >= 0.3 is 0 Å². The molecule has 1 aliphatic carbocycles. The van der Waals surface area contributed by atoms with E-state index < -0.39 is 0 Å². The molecule has 0 bridgehead atoms. The molecule has 0 amide bonds. The van der Waals surface area contributed by atoms with Crippen LogP contribution >= 0.6 is 0 Å². The predicted octanol–water partition coefficient (Wildman–Crippen LogP) is 3.16. The zero-order chi connectivity index (χ0) is 12.5. The summed E-state index contributed by atoms with van der Waals surface area (Å²) in [6.07, 6.45) is 8.01. The standard InChI is InChI=1S/C15H25N3/c1-11(2)15-13-10-16-9-8-14(13)18(17-15)12-6-4-3-5-7-12/h11-12,16H,3-10H2,1-2H3. The smallest absolute Gasteiger partial charge is 0.0697 e. The van der Waals surface area contributed by atoms with Crippen molar-refractivity contribution in [2.24, 2.45) is 0 Å². The topological polar surface area (TPSA) is 29.9 Å². The second kappa shape index (κ2) is 5.04. The first kappa shape index (κ1) is 12.2. The first-order valence-corrected chi connectivity index (χ1v) is 7.58. The van der Waals surface area contributed by atoms with Gasteiger partial charge in [-0.2, -0.15) is 5.10 Å². The number of hydrogen-bond acceptors (Lipinski definition) is 2. The molecule has 1 aromatic rings. The molecule has 0 atom stereocenters. The minimum Gasteiger partial charge on any atom is -0.312 e. The first-order valence-electron chi connectivity index (χ1n) is 7.58. The Labute approximate surface area is 110 Å². The summed E-state index contributed by atoms with van der Waals surface area (Å²) in [6, 6.07) is 0.679. The van der Waals surface area contributed by atoms with Gasteiger partial charge in [0.05, 0.1) is 11.7 Å². The van der Waals surface area contributed by atoms with Crippen LogP contribution in [0.4, 0.5) is 0 Å². The summed E-state index contributed by atoms with van der Waals surface area (Å²) in [5, 5.41) is 8.49. The van der Waals surface area contributed by atoms with E-state index in [1.165, 1.54) is 49.1 Å². The fourth-order valence-corrected chi connectivity index (χ4v) is 3.49. The highest BCUT2D eigenvalue weighted by atomic mass is 15.3. The highest BCUT2D eigenvalue weighted by Gasteiger charge is 2.26. The molecule has 0 spiro atoms. The van der Waals surface area contributed by atoms with E-state index in [2.05, 4.69) is 23.8 Å². The van der Waals surface area contributed by atoms with Crippen molar-refractivity contribution in [2.45, 2.75) is 70.9 Å². The quantitative estimate of drug-likeness (QED) is 0.870. The molecule has 3 heteroatoms. The monoisotopic (exact) mass is 247 g/mol. The van der Waals surface area contributed by atoms with Crippen molar-refractivity contribution in [3.63, 3.8) is 0 Å². The molecule has 1 aliphatic heterocycles. The fraction of sp³-hybridized carbons (Fsp3) is 0.800. The predicted molar refractivity (Wildman–Crippen MR) is 73.8 cm³/mol. The number of hydrogen-bond donors (Lipinski definition) is 1. The fourth-order valence-electron chi connectivity index (χ4n) is 3.49. The maximum Gasteiger partial charge on any atom is 0.0697 e. The van der Waals surface area contributed by atoms with Crippen molar-refractivity contribution in [1.82, 2.24) is 15.1 Å². The largest absolute Gasteiger partial charge is 0.312 e. The van der Waals surface area contributed by atoms with Crippen molar-refractivity contribution < 1.29 is 0 Å². The van der Waals surface area contributed by atoms with Crippen LogP contribution in [-0.2, 0) is 13.0 Å². The summed E-state index contributed by atoms with van der Waals surface area (Å²) in [4.78, 5) is 0.